The van der Waals surface area contributed by atoms with E-state index < -0.39 is 11.2 Å². The second-order valence-corrected chi connectivity index (χ2v) is 6.82. The maximum Gasteiger partial charge on any atom is 0.233 e. The van der Waals surface area contributed by atoms with Gasteiger partial charge in [0.2, 0.25) is 5.91 Å². The zero-order valence-electron chi connectivity index (χ0n) is 16.1. The molecule has 3 rings (SSSR count). The van der Waals surface area contributed by atoms with Crippen LogP contribution in [0.1, 0.15) is 12.8 Å². The summed E-state index contributed by atoms with van der Waals surface area (Å²) in [4.78, 5) is 12.9. The fraction of sp³-hybridized carbons (Fsp3) is 0.381. The number of ether oxygens (including phenoxy) is 3. The number of amides is 1. The Morgan fingerprint density at radius 1 is 1.11 bits per heavy atom. The minimum Gasteiger partial charge on any atom is -0.493 e. The lowest BCUT2D eigenvalue weighted by atomic mass is 9.78. The molecule has 28 heavy (non-hydrogen) atoms. The fourth-order valence-corrected chi connectivity index (χ4v) is 3.37. The summed E-state index contributed by atoms with van der Waals surface area (Å²) < 4.78 is 30.7. The molecule has 1 saturated heterocycles. The largest absolute Gasteiger partial charge is 0.493 e. The number of carbonyl (C=O) groups excluding carboxylic acids is 1. The molecule has 2 N–H and O–H groups in total. The highest BCUT2D eigenvalue weighted by Gasteiger charge is 2.39. The first kappa shape index (κ1) is 20.1. The van der Waals surface area contributed by atoms with Crippen LogP contribution in [-0.2, 0) is 9.53 Å². The average molecular weight is 388 g/mol. The number of halogens is 1. The van der Waals surface area contributed by atoms with Crippen LogP contribution in [0.2, 0.25) is 0 Å². The Labute approximate surface area is 164 Å². The summed E-state index contributed by atoms with van der Waals surface area (Å²) in [6.45, 7) is 1.83. The zero-order valence-corrected chi connectivity index (χ0v) is 16.1. The second-order valence-electron chi connectivity index (χ2n) is 6.82. The van der Waals surface area contributed by atoms with Gasteiger partial charge in [-0.25, -0.2) is 4.39 Å². The third-order valence-corrected chi connectivity index (χ3v) is 4.94. The molecule has 1 aliphatic heterocycles. The number of hydrogen-bond donors (Lipinski definition) is 2. The first-order valence-electron chi connectivity index (χ1n) is 9.19. The molecule has 6 nitrogen and oxygen atoms in total. The average Bonchev–Trinajstić information content (AvgIpc) is 2.71. The number of piperidine rings is 1. The maximum atomic E-state index is 14.6. The van der Waals surface area contributed by atoms with Crippen molar-refractivity contribution in [3.05, 3.63) is 48.3 Å². The highest BCUT2D eigenvalue weighted by molar-refractivity contribution is 5.95. The second kappa shape index (κ2) is 9.03. The molecule has 7 heteroatoms. The molecule has 0 bridgehead atoms. The van der Waals surface area contributed by atoms with Gasteiger partial charge in [-0.15, -0.1) is 0 Å². The van der Waals surface area contributed by atoms with Crippen LogP contribution in [0.4, 0.5) is 10.1 Å². The number of carbonyl (C=O) groups is 1. The Bertz CT molecular complexity index is 816. The van der Waals surface area contributed by atoms with Gasteiger partial charge in [0.25, 0.3) is 0 Å². The summed E-state index contributed by atoms with van der Waals surface area (Å²) in [5, 5.41) is 6.07. The molecule has 1 amide bonds. The van der Waals surface area contributed by atoms with Crippen molar-refractivity contribution in [2.45, 2.75) is 12.8 Å². The van der Waals surface area contributed by atoms with Gasteiger partial charge in [-0.3, -0.25) is 4.79 Å². The van der Waals surface area contributed by atoms with Gasteiger partial charge in [0, 0.05) is 18.9 Å². The standard InChI is InChI=1S/C21H25FN2O4/c1-26-14-21(9-11-23-12-10-21)20(25)24-15-7-8-17(16(22)13-15)28-19-6-4-3-5-18(19)27-2/h3-8,13,23H,9-12,14H2,1-2H3,(H,24,25). The lowest BCUT2D eigenvalue weighted by Gasteiger charge is -2.35. The van der Waals surface area contributed by atoms with E-state index >= 15 is 0 Å². The summed E-state index contributed by atoms with van der Waals surface area (Å²) in [6, 6.07) is 11.4. The quantitative estimate of drug-likeness (QED) is 0.759. The van der Waals surface area contributed by atoms with Gasteiger partial charge in [0.15, 0.2) is 23.1 Å². The van der Waals surface area contributed by atoms with E-state index in [1.54, 1.807) is 37.4 Å². The smallest absolute Gasteiger partial charge is 0.233 e. The van der Waals surface area contributed by atoms with Crippen molar-refractivity contribution in [2.24, 2.45) is 5.41 Å². The lowest BCUT2D eigenvalue weighted by molar-refractivity contribution is -0.130. The van der Waals surface area contributed by atoms with Crippen molar-refractivity contribution < 1.29 is 23.4 Å². The molecule has 2 aromatic carbocycles. The number of anilines is 1. The molecule has 0 unspecified atom stereocenters. The normalized spacial score (nSPS) is 15.7. The van der Waals surface area contributed by atoms with Crippen molar-refractivity contribution in [1.29, 1.82) is 0 Å². The van der Waals surface area contributed by atoms with Gasteiger partial charge >= 0.3 is 0 Å². The molecular formula is C21H25FN2O4. The summed E-state index contributed by atoms with van der Waals surface area (Å²) in [7, 11) is 3.11. The van der Waals surface area contributed by atoms with Crippen LogP contribution in [0.15, 0.2) is 42.5 Å². The summed E-state index contributed by atoms with van der Waals surface area (Å²) in [5.41, 5.74) is -0.229. The first-order valence-corrected chi connectivity index (χ1v) is 9.19. The third kappa shape index (κ3) is 4.43. The molecule has 0 atom stereocenters. The highest BCUT2D eigenvalue weighted by atomic mass is 19.1. The molecule has 1 fully saturated rings. The molecule has 1 aliphatic rings. The van der Waals surface area contributed by atoms with Crippen molar-refractivity contribution in [2.75, 3.05) is 39.2 Å². The molecule has 0 aromatic heterocycles. The van der Waals surface area contributed by atoms with Crippen molar-refractivity contribution in [3.8, 4) is 17.2 Å². The topological polar surface area (TPSA) is 68.8 Å². The predicted octanol–water partition coefficient (Wildman–Crippen LogP) is 3.58. The summed E-state index contributed by atoms with van der Waals surface area (Å²) in [6.07, 6.45) is 1.34. The summed E-state index contributed by atoms with van der Waals surface area (Å²) >= 11 is 0. The number of benzene rings is 2. The Hall–Kier alpha value is -2.64. The minimum absolute atomic E-state index is 0.0518. The van der Waals surface area contributed by atoms with E-state index in [9.17, 15) is 9.18 Å². The number of para-hydroxylation sites is 2. The van der Waals surface area contributed by atoms with Gasteiger partial charge < -0.3 is 24.8 Å². The van der Waals surface area contributed by atoms with Crippen LogP contribution >= 0.6 is 0 Å². The molecular weight excluding hydrogens is 363 g/mol. The highest BCUT2D eigenvalue weighted by Crippen LogP contribution is 2.34. The van der Waals surface area contributed by atoms with Gasteiger partial charge in [0.05, 0.1) is 19.1 Å². The number of hydrogen-bond acceptors (Lipinski definition) is 5. The molecule has 150 valence electrons. The van der Waals surface area contributed by atoms with Crippen molar-refractivity contribution >= 4 is 11.6 Å². The van der Waals surface area contributed by atoms with Crippen LogP contribution < -0.4 is 20.1 Å². The zero-order chi connectivity index (χ0) is 20.0. The predicted molar refractivity (Wildman–Crippen MR) is 105 cm³/mol. The molecule has 0 spiro atoms. The fourth-order valence-electron chi connectivity index (χ4n) is 3.37. The Kier molecular flexibility index (Phi) is 6.49. The van der Waals surface area contributed by atoms with Crippen LogP contribution in [0.3, 0.4) is 0 Å². The summed E-state index contributed by atoms with van der Waals surface area (Å²) in [5.74, 6) is 0.237. The Morgan fingerprint density at radius 3 is 2.46 bits per heavy atom. The molecule has 1 heterocycles. The van der Waals surface area contributed by atoms with Gasteiger partial charge in [-0.2, -0.15) is 0 Å². The molecule has 0 radical (unpaired) electrons. The van der Waals surface area contributed by atoms with Crippen molar-refractivity contribution in [1.82, 2.24) is 5.32 Å². The molecule has 0 saturated carbocycles. The van der Waals surface area contributed by atoms with Crippen LogP contribution in [-0.4, -0.2) is 39.8 Å². The van der Waals surface area contributed by atoms with Gasteiger partial charge in [-0.05, 0) is 50.2 Å². The Morgan fingerprint density at radius 2 is 1.82 bits per heavy atom. The number of methoxy groups -OCH3 is 2. The van der Waals surface area contributed by atoms with E-state index in [0.717, 1.165) is 13.1 Å². The monoisotopic (exact) mass is 388 g/mol. The van der Waals surface area contributed by atoms with E-state index in [0.29, 0.717) is 36.6 Å². The maximum absolute atomic E-state index is 14.6. The third-order valence-electron chi connectivity index (χ3n) is 4.94. The van der Waals surface area contributed by atoms with E-state index in [1.165, 1.54) is 19.2 Å². The van der Waals surface area contributed by atoms with E-state index in [4.69, 9.17) is 14.2 Å². The number of nitrogens with one attached hydrogen (secondary N) is 2. The first-order chi connectivity index (χ1) is 13.6. The van der Waals surface area contributed by atoms with E-state index in [2.05, 4.69) is 10.6 Å². The van der Waals surface area contributed by atoms with Gasteiger partial charge in [-0.1, -0.05) is 12.1 Å². The number of rotatable bonds is 7. The van der Waals surface area contributed by atoms with E-state index in [1.807, 2.05) is 0 Å². The lowest BCUT2D eigenvalue weighted by Crippen LogP contribution is -2.47. The van der Waals surface area contributed by atoms with Crippen LogP contribution in [0.5, 0.6) is 17.2 Å². The Balaban J connectivity index is 1.74. The molecule has 2 aromatic rings. The van der Waals surface area contributed by atoms with E-state index in [-0.39, 0.29) is 11.7 Å². The SMILES string of the molecule is COCC1(C(=O)Nc2ccc(Oc3ccccc3OC)c(F)c2)CCNCC1. The van der Waals surface area contributed by atoms with Gasteiger partial charge in [0.1, 0.15) is 0 Å². The van der Waals surface area contributed by atoms with Crippen molar-refractivity contribution in [3.63, 3.8) is 0 Å². The van der Waals surface area contributed by atoms with Crippen LogP contribution in [0, 0.1) is 11.2 Å². The molecule has 0 aliphatic carbocycles. The van der Waals surface area contributed by atoms with Crippen LogP contribution in [0.25, 0.3) is 0 Å². The minimum atomic E-state index is -0.608.